The standard InChI is InChI=1S/C14H21NO4S.3F2/c1-11-4-6-14(7-5-11)20(16,17)19-10-12-8-13(18-3)9-15(12)2;3*1-2/h4-7,12-13H,8-10H2,1-3H3;;;/t12-,13-;;;/m0.../s1. The molecule has 0 bridgehead atoms. The average Bonchev–Trinajstić information content (AvgIpc) is 3.05. The lowest BCUT2D eigenvalue weighted by Crippen LogP contribution is -2.30. The van der Waals surface area contributed by atoms with E-state index in [4.69, 9.17) is 36.4 Å². The van der Waals surface area contributed by atoms with Crippen molar-refractivity contribution in [3.05, 3.63) is 29.8 Å². The van der Waals surface area contributed by atoms with Crippen LogP contribution in [0.4, 0.5) is 27.4 Å². The molecule has 1 aliphatic heterocycles. The molecule has 5 nitrogen and oxygen atoms in total. The first kappa shape index (κ1) is 26.9. The van der Waals surface area contributed by atoms with E-state index in [0.717, 1.165) is 18.5 Å². The van der Waals surface area contributed by atoms with Gasteiger partial charge in [0.05, 0.1) is 17.6 Å². The lowest BCUT2D eigenvalue weighted by Gasteiger charge is -2.18. The van der Waals surface area contributed by atoms with Crippen LogP contribution < -0.4 is 0 Å². The number of halogens is 6. The van der Waals surface area contributed by atoms with Crippen molar-refractivity contribution >= 4 is 10.1 Å². The van der Waals surface area contributed by atoms with Crippen molar-refractivity contribution in [3.8, 4) is 0 Å². The summed E-state index contributed by atoms with van der Waals surface area (Å²) in [6.45, 7) is 2.87. The molecule has 26 heavy (non-hydrogen) atoms. The molecule has 1 heterocycles. The van der Waals surface area contributed by atoms with Crippen LogP contribution in [0.1, 0.15) is 12.0 Å². The smallest absolute Gasteiger partial charge is 0.297 e. The molecule has 1 aromatic rings. The van der Waals surface area contributed by atoms with E-state index < -0.39 is 10.1 Å². The van der Waals surface area contributed by atoms with E-state index in [0.29, 0.717) is 0 Å². The van der Waals surface area contributed by atoms with Crippen molar-refractivity contribution < 1.29 is 44.8 Å². The molecule has 1 fully saturated rings. The van der Waals surface area contributed by atoms with Crippen LogP contribution in [0.25, 0.3) is 0 Å². The molecule has 1 aromatic carbocycles. The summed E-state index contributed by atoms with van der Waals surface area (Å²) in [6.07, 6.45) is 0.937. The predicted octanol–water partition coefficient (Wildman–Crippen LogP) is 3.94. The van der Waals surface area contributed by atoms with Gasteiger partial charge in [-0.3, -0.25) is 9.08 Å². The number of rotatable bonds is 5. The SMILES string of the molecule is CO[C@H]1C[C@@H](COS(=O)(=O)c2ccc(C)cc2)N(C)C1.FF.FF.FF. The van der Waals surface area contributed by atoms with Gasteiger partial charge in [0.2, 0.25) is 0 Å². The highest BCUT2D eigenvalue weighted by atomic mass is 32.2. The van der Waals surface area contributed by atoms with Crippen molar-refractivity contribution in [1.29, 1.82) is 0 Å². The molecule has 0 amide bonds. The van der Waals surface area contributed by atoms with E-state index in [1.807, 2.05) is 14.0 Å². The first-order valence-electron chi connectivity index (χ1n) is 7.04. The van der Waals surface area contributed by atoms with Crippen LogP contribution in [0.15, 0.2) is 29.2 Å². The molecule has 0 N–H and O–H groups in total. The molecule has 154 valence electrons. The molecule has 0 spiro atoms. The maximum Gasteiger partial charge on any atom is 0.297 e. The predicted molar refractivity (Wildman–Crippen MR) is 82.8 cm³/mol. The van der Waals surface area contributed by atoms with Gasteiger partial charge in [0.25, 0.3) is 10.1 Å². The molecule has 0 aromatic heterocycles. The third-order valence-corrected chi connectivity index (χ3v) is 5.00. The summed E-state index contributed by atoms with van der Waals surface area (Å²) in [5, 5.41) is 0. The normalized spacial score (nSPS) is 19.3. The van der Waals surface area contributed by atoms with Crippen molar-refractivity contribution in [2.24, 2.45) is 0 Å². The molecule has 0 saturated carbocycles. The second kappa shape index (κ2) is 14.8. The van der Waals surface area contributed by atoms with Crippen molar-refractivity contribution in [3.63, 3.8) is 0 Å². The summed E-state index contributed by atoms with van der Waals surface area (Å²) < 4.78 is 82.6. The Hall–Kier alpha value is -1.37. The van der Waals surface area contributed by atoms with Gasteiger partial charge in [0, 0.05) is 47.1 Å². The monoisotopic (exact) mass is 413 g/mol. The van der Waals surface area contributed by atoms with Crippen molar-refractivity contribution in [2.45, 2.75) is 30.4 Å². The Bertz CT molecular complexity index is 561. The highest BCUT2D eigenvalue weighted by Crippen LogP contribution is 2.20. The molecule has 12 heteroatoms. The van der Waals surface area contributed by atoms with Gasteiger partial charge in [-0.15, -0.1) is 0 Å². The van der Waals surface area contributed by atoms with Gasteiger partial charge in [-0.1, -0.05) is 17.7 Å². The maximum atomic E-state index is 12.1. The largest absolute Gasteiger partial charge is 0.380 e. The van der Waals surface area contributed by atoms with E-state index >= 15 is 0 Å². The van der Waals surface area contributed by atoms with Crippen molar-refractivity contribution in [1.82, 2.24) is 4.90 Å². The molecule has 1 aliphatic rings. The molecule has 2 atom stereocenters. The van der Waals surface area contributed by atoms with E-state index in [-0.39, 0.29) is 23.6 Å². The average molecular weight is 413 g/mol. The molecule has 0 unspecified atom stereocenters. The molecular weight excluding hydrogens is 392 g/mol. The van der Waals surface area contributed by atoms with E-state index in [1.54, 1.807) is 31.4 Å². The van der Waals surface area contributed by atoms with Crippen LogP contribution in [-0.4, -0.2) is 52.8 Å². The molecule has 0 radical (unpaired) electrons. The quantitative estimate of drug-likeness (QED) is 0.541. The number of methoxy groups -OCH3 is 1. The molecule has 1 saturated heterocycles. The van der Waals surface area contributed by atoms with Gasteiger partial charge in [0.15, 0.2) is 0 Å². The number of ether oxygens (including phenoxy) is 1. The van der Waals surface area contributed by atoms with Gasteiger partial charge in [0.1, 0.15) is 0 Å². The Labute approximate surface area is 148 Å². The number of benzene rings is 1. The number of hydrogen-bond donors (Lipinski definition) is 0. The van der Waals surface area contributed by atoms with Gasteiger partial charge in [-0.2, -0.15) is 8.42 Å². The minimum absolute atomic E-state index is 0.0696. The van der Waals surface area contributed by atoms with Gasteiger partial charge in [-0.25, -0.2) is 0 Å². The Morgan fingerprint density at radius 2 is 1.58 bits per heavy atom. The van der Waals surface area contributed by atoms with Gasteiger partial charge in [-0.05, 0) is 32.5 Å². The van der Waals surface area contributed by atoms with Crippen LogP contribution >= 0.6 is 0 Å². The number of nitrogens with zero attached hydrogens (tertiary/aromatic N) is 1. The summed E-state index contributed by atoms with van der Waals surface area (Å²) in [7, 11) is -0.0583. The summed E-state index contributed by atoms with van der Waals surface area (Å²) in [4.78, 5) is 2.27. The Kier molecular flexibility index (Phi) is 15.2. The molecule has 0 aliphatic carbocycles. The third-order valence-electron chi connectivity index (χ3n) is 3.71. The maximum absolute atomic E-state index is 12.1. The molecule has 2 rings (SSSR count). The highest BCUT2D eigenvalue weighted by Gasteiger charge is 2.31. The van der Waals surface area contributed by atoms with E-state index in [9.17, 15) is 8.42 Å². The fourth-order valence-electron chi connectivity index (χ4n) is 2.34. The van der Waals surface area contributed by atoms with E-state index in [1.165, 1.54) is 0 Å². The zero-order valence-electron chi connectivity index (χ0n) is 14.3. The fraction of sp³-hybridized carbons (Fsp3) is 0.571. The zero-order valence-corrected chi connectivity index (χ0v) is 15.2. The number of aryl methyl sites for hydroxylation is 1. The number of likely N-dealkylation sites (N-methyl/N-ethyl adjacent to an activating group) is 1. The minimum Gasteiger partial charge on any atom is -0.380 e. The Balaban J connectivity index is 0. The number of likely N-dealkylation sites (tertiary alicyclic amines) is 1. The summed E-state index contributed by atoms with van der Waals surface area (Å²) in [5.41, 5.74) is 1.02. The van der Waals surface area contributed by atoms with Crippen LogP contribution in [0.5, 0.6) is 0 Å². The van der Waals surface area contributed by atoms with Crippen LogP contribution in [0.3, 0.4) is 0 Å². The van der Waals surface area contributed by atoms with Crippen LogP contribution in [-0.2, 0) is 19.0 Å². The van der Waals surface area contributed by atoms with Gasteiger partial charge < -0.3 is 4.74 Å². The first-order valence-corrected chi connectivity index (χ1v) is 8.45. The first-order chi connectivity index (χ1) is 12.4. The minimum atomic E-state index is -3.68. The Morgan fingerprint density at radius 3 is 2.00 bits per heavy atom. The summed E-state index contributed by atoms with van der Waals surface area (Å²) in [6, 6.07) is 6.74. The second-order valence-corrected chi connectivity index (χ2v) is 6.85. The summed E-state index contributed by atoms with van der Waals surface area (Å²) in [5.74, 6) is 0. The Morgan fingerprint density at radius 1 is 1.08 bits per heavy atom. The van der Waals surface area contributed by atoms with Crippen LogP contribution in [0, 0.1) is 6.92 Å². The lowest BCUT2D eigenvalue weighted by molar-refractivity contribution is 0.108. The topological polar surface area (TPSA) is 55.8 Å². The third kappa shape index (κ3) is 8.83. The lowest BCUT2D eigenvalue weighted by atomic mass is 10.2. The number of hydrogen-bond acceptors (Lipinski definition) is 5. The molecular formula is C14H21F6NO4S. The highest BCUT2D eigenvalue weighted by molar-refractivity contribution is 7.86. The van der Waals surface area contributed by atoms with E-state index in [2.05, 4.69) is 4.90 Å². The van der Waals surface area contributed by atoms with Gasteiger partial charge >= 0.3 is 0 Å². The zero-order chi connectivity index (χ0) is 20.8. The van der Waals surface area contributed by atoms with Crippen LogP contribution in [0.2, 0.25) is 0 Å². The van der Waals surface area contributed by atoms with Crippen molar-refractivity contribution in [2.75, 3.05) is 27.3 Å². The summed E-state index contributed by atoms with van der Waals surface area (Å²) >= 11 is 0. The fourth-order valence-corrected chi connectivity index (χ4v) is 3.28. The second-order valence-electron chi connectivity index (χ2n) is 5.24.